The molecule has 0 aliphatic rings. The van der Waals surface area contributed by atoms with Crippen molar-refractivity contribution in [2.45, 2.75) is 71.1 Å². The van der Waals surface area contributed by atoms with E-state index in [9.17, 15) is 19.5 Å². The van der Waals surface area contributed by atoms with Gasteiger partial charge in [0, 0.05) is 23.5 Å². The topological polar surface area (TPSA) is 126 Å². The first-order chi connectivity index (χ1) is 15.9. The zero-order chi connectivity index (χ0) is 25.5. The van der Waals surface area contributed by atoms with Crippen molar-refractivity contribution in [3.8, 4) is 0 Å². The summed E-state index contributed by atoms with van der Waals surface area (Å²) in [5.74, 6) is -2.32. The van der Waals surface area contributed by atoms with Crippen molar-refractivity contribution >= 4 is 17.8 Å². The molecule has 4 N–H and O–H groups in total. The molecular formula is C26H36N4O4. The van der Waals surface area contributed by atoms with Crippen LogP contribution in [-0.2, 0) is 20.8 Å². The average molecular weight is 469 g/mol. The fraction of sp³-hybridized carbons (Fsp3) is 0.462. The summed E-state index contributed by atoms with van der Waals surface area (Å²) in [6, 6.07) is 9.09. The van der Waals surface area contributed by atoms with E-state index in [1.54, 1.807) is 18.3 Å². The van der Waals surface area contributed by atoms with E-state index < -0.39 is 41.4 Å². The second-order valence-corrected chi connectivity index (χ2v) is 9.95. The van der Waals surface area contributed by atoms with Gasteiger partial charge in [-0.1, -0.05) is 50.2 Å². The molecule has 1 aromatic carbocycles. The van der Waals surface area contributed by atoms with Crippen LogP contribution in [0.15, 0.2) is 54.9 Å². The van der Waals surface area contributed by atoms with Gasteiger partial charge in [-0.05, 0) is 51.2 Å². The molecule has 184 valence electrons. The highest BCUT2D eigenvalue weighted by molar-refractivity contribution is 5.94. The molecule has 0 radical (unpaired) electrons. The Bertz CT molecular complexity index is 958. The molecular weight excluding hydrogens is 432 g/mol. The van der Waals surface area contributed by atoms with Crippen LogP contribution in [0, 0.1) is 5.92 Å². The molecule has 8 nitrogen and oxygen atoms in total. The van der Waals surface area contributed by atoms with E-state index in [2.05, 4.69) is 10.3 Å². The zero-order valence-electron chi connectivity index (χ0n) is 20.6. The van der Waals surface area contributed by atoms with E-state index in [-0.39, 0.29) is 18.8 Å². The maximum absolute atomic E-state index is 13.8. The molecule has 1 heterocycles. The van der Waals surface area contributed by atoms with Crippen molar-refractivity contribution in [2.75, 3.05) is 0 Å². The Morgan fingerprint density at radius 3 is 2.24 bits per heavy atom. The van der Waals surface area contributed by atoms with E-state index in [1.165, 1.54) is 6.20 Å². The third-order valence-corrected chi connectivity index (χ3v) is 5.21. The van der Waals surface area contributed by atoms with Crippen LogP contribution in [0.1, 0.15) is 58.2 Å². The van der Waals surface area contributed by atoms with E-state index in [1.807, 2.05) is 65.0 Å². The number of nitrogens with one attached hydrogen (secondary N) is 1. The summed E-state index contributed by atoms with van der Waals surface area (Å²) in [5.41, 5.74) is 6.99. The first kappa shape index (κ1) is 27.0. The number of carboxylic acid groups (broad SMARTS) is 1. The SMILES string of the molecule is CC(C)C[C@@H](C(=O)O)N(C(=O)[C@@H](N)Cc1ccccc1)C(C(=O)NC(C)(C)C)c1cccnc1. The maximum Gasteiger partial charge on any atom is 0.326 e. The monoisotopic (exact) mass is 468 g/mol. The third kappa shape index (κ3) is 7.66. The average Bonchev–Trinajstić information content (AvgIpc) is 2.75. The highest BCUT2D eigenvalue weighted by Crippen LogP contribution is 2.28. The van der Waals surface area contributed by atoms with E-state index in [0.29, 0.717) is 5.56 Å². The Kier molecular flexibility index (Phi) is 9.32. The minimum absolute atomic E-state index is 0.0398. The van der Waals surface area contributed by atoms with Crippen molar-refractivity contribution in [3.63, 3.8) is 0 Å². The minimum atomic E-state index is -1.25. The standard InChI is InChI=1S/C26H36N4O4/c1-17(2)14-21(25(33)34)30(24(32)20(27)15-18-10-7-6-8-11-18)22(19-12-9-13-28-16-19)23(31)29-26(3,4)5/h6-13,16-17,20-22H,14-15,27H2,1-5H3,(H,29,31)(H,33,34)/t20-,21-,22?/m0/s1. The zero-order valence-corrected chi connectivity index (χ0v) is 20.6. The lowest BCUT2D eigenvalue weighted by Gasteiger charge is -2.38. The van der Waals surface area contributed by atoms with Crippen LogP contribution in [-0.4, -0.2) is 50.4 Å². The number of aromatic nitrogens is 1. The van der Waals surface area contributed by atoms with Gasteiger partial charge in [-0.3, -0.25) is 14.6 Å². The molecule has 1 unspecified atom stereocenters. The first-order valence-corrected chi connectivity index (χ1v) is 11.5. The Hall–Kier alpha value is -3.26. The number of carbonyl (C=O) groups is 3. The van der Waals surface area contributed by atoms with Gasteiger partial charge in [-0.15, -0.1) is 0 Å². The van der Waals surface area contributed by atoms with Gasteiger partial charge in [0.1, 0.15) is 12.1 Å². The van der Waals surface area contributed by atoms with Crippen LogP contribution in [0.2, 0.25) is 0 Å². The Labute approximate surface area is 201 Å². The summed E-state index contributed by atoms with van der Waals surface area (Å²) >= 11 is 0. The number of hydrogen-bond donors (Lipinski definition) is 3. The summed E-state index contributed by atoms with van der Waals surface area (Å²) in [5, 5.41) is 13.0. The highest BCUT2D eigenvalue weighted by atomic mass is 16.4. The Morgan fingerprint density at radius 1 is 1.09 bits per heavy atom. The number of nitrogens with zero attached hydrogens (tertiary/aromatic N) is 2. The second kappa shape index (κ2) is 11.7. The van der Waals surface area contributed by atoms with Gasteiger partial charge in [-0.2, -0.15) is 0 Å². The minimum Gasteiger partial charge on any atom is -0.480 e. The van der Waals surface area contributed by atoms with Gasteiger partial charge in [0.15, 0.2) is 0 Å². The van der Waals surface area contributed by atoms with Crippen LogP contribution >= 0.6 is 0 Å². The molecule has 1 aromatic heterocycles. The van der Waals surface area contributed by atoms with Gasteiger partial charge in [0.25, 0.3) is 0 Å². The van der Waals surface area contributed by atoms with Crippen molar-refractivity contribution in [3.05, 3.63) is 66.0 Å². The fourth-order valence-corrected chi connectivity index (χ4v) is 3.80. The number of pyridine rings is 1. The van der Waals surface area contributed by atoms with Gasteiger partial charge < -0.3 is 21.1 Å². The van der Waals surface area contributed by atoms with Crippen LogP contribution in [0.3, 0.4) is 0 Å². The number of benzene rings is 1. The number of nitrogens with two attached hydrogens (primary N) is 1. The smallest absolute Gasteiger partial charge is 0.326 e. The second-order valence-electron chi connectivity index (χ2n) is 9.95. The van der Waals surface area contributed by atoms with Gasteiger partial charge in [0.2, 0.25) is 11.8 Å². The Balaban J connectivity index is 2.59. The molecule has 0 saturated heterocycles. The van der Waals surface area contributed by atoms with Crippen LogP contribution in [0.5, 0.6) is 0 Å². The lowest BCUT2D eigenvalue weighted by Crippen LogP contribution is -2.58. The number of aliphatic carboxylic acids is 1. The predicted molar refractivity (Wildman–Crippen MR) is 131 cm³/mol. The number of amides is 2. The van der Waals surface area contributed by atoms with Crippen LogP contribution in [0.4, 0.5) is 0 Å². The summed E-state index contributed by atoms with van der Waals surface area (Å²) in [6.07, 6.45) is 3.41. The van der Waals surface area contributed by atoms with E-state index in [4.69, 9.17) is 5.73 Å². The first-order valence-electron chi connectivity index (χ1n) is 11.5. The molecule has 0 spiro atoms. The summed E-state index contributed by atoms with van der Waals surface area (Å²) in [6.45, 7) is 9.21. The number of hydrogen-bond acceptors (Lipinski definition) is 5. The molecule has 0 aliphatic carbocycles. The van der Waals surface area contributed by atoms with Gasteiger partial charge in [0.05, 0.1) is 6.04 Å². The van der Waals surface area contributed by atoms with Crippen LogP contribution < -0.4 is 11.1 Å². The molecule has 0 saturated carbocycles. The fourth-order valence-electron chi connectivity index (χ4n) is 3.80. The molecule has 2 amide bonds. The molecule has 2 rings (SSSR count). The molecule has 0 bridgehead atoms. The third-order valence-electron chi connectivity index (χ3n) is 5.21. The molecule has 8 heteroatoms. The van der Waals surface area contributed by atoms with E-state index in [0.717, 1.165) is 10.5 Å². The molecule has 2 aromatic rings. The van der Waals surface area contributed by atoms with Crippen molar-refractivity contribution in [1.29, 1.82) is 0 Å². The van der Waals surface area contributed by atoms with Gasteiger partial charge >= 0.3 is 5.97 Å². The molecule has 0 fully saturated rings. The lowest BCUT2D eigenvalue weighted by atomic mass is 9.95. The van der Waals surface area contributed by atoms with Crippen molar-refractivity contribution in [2.24, 2.45) is 11.7 Å². The molecule has 34 heavy (non-hydrogen) atoms. The number of carbonyl (C=O) groups excluding carboxylic acids is 2. The van der Waals surface area contributed by atoms with Crippen molar-refractivity contribution < 1.29 is 19.5 Å². The summed E-state index contributed by atoms with van der Waals surface area (Å²) < 4.78 is 0. The number of rotatable bonds is 10. The predicted octanol–water partition coefficient (Wildman–Crippen LogP) is 2.94. The van der Waals surface area contributed by atoms with Gasteiger partial charge in [-0.25, -0.2) is 4.79 Å². The lowest BCUT2D eigenvalue weighted by molar-refractivity contribution is -0.157. The van der Waals surface area contributed by atoms with Crippen LogP contribution in [0.25, 0.3) is 0 Å². The Morgan fingerprint density at radius 2 is 1.74 bits per heavy atom. The highest BCUT2D eigenvalue weighted by Gasteiger charge is 2.42. The maximum atomic E-state index is 13.8. The molecule has 0 aliphatic heterocycles. The quantitative estimate of drug-likeness (QED) is 0.492. The van der Waals surface area contributed by atoms with E-state index >= 15 is 0 Å². The summed E-state index contributed by atoms with van der Waals surface area (Å²) in [7, 11) is 0. The molecule has 3 atom stereocenters. The normalized spacial score (nSPS) is 14.2. The largest absolute Gasteiger partial charge is 0.480 e. The number of carboxylic acids is 1. The van der Waals surface area contributed by atoms with Crippen molar-refractivity contribution in [1.82, 2.24) is 15.2 Å². The summed E-state index contributed by atoms with van der Waals surface area (Å²) in [4.78, 5) is 45.0.